The Morgan fingerprint density at radius 1 is 1.53 bits per heavy atom. The topological polar surface area (TPSA) is 98.5 Å². The third kappa shape index (κ3) is 3.58. The van der Waals surface area contributed by atoms with E-state index in [1.807, 2.05) is 4.72 Å². The normalized spacial score (nSPS) is 11.2. The van der Waals surface area contributed by atoms with E-state index in [-0.39, 0.29) is 9.92 Å². The van der Waals surface area contributed by atoms with E-state index in [2.05, 4.69) is 0 Å². The van der Waals surface area contributed by atoms with Crippen LogP contribution < -0.4 is 15.2 Å². The molecule has 0 atom stereocenters. The van der Waals surface area contributed by atoms with Gasteiger partial charge in [0.05, 0.1) is 23.6 Å². The lowest BCUT2D eigenvalue weighted by atomic mass is 10.3. The fourth-order valence-electron chi connectivity index (χ4n) is 1.06. The highest BCUT2D eigenvalue weighted by Gasteiger charge is 2.16. The smallest absolute Gasteiger partial charge is 0.241 e. The first-order valence-electron chi connectivity index (χ1n) is 4.48. The maximum atomic E-state index is 11.7. The number of rotatable bonds is 5. The van der Waals surface area contributed by atoms with Crippen LogP contribution in [0.3, 0.4) is 0 Å². The van der Waals surface area contributed by atoms with Crippen molar-refractivity contribution in [2.24, 2.45) is 5.73 Å². The van der Waals surface area contributed by atoms with Crippen LogP contribution in [0.2, 0.25) is 5.02 Å². The van der Waals surface area contributed by atoms with Crippen LogP contribution in [0.25, 0.3) is 0 Å². The summed E-state index contributed by atoms with van der Waals surface area (Å²) in [5, 5.41) is 0.162. The molecule has 3 N–H and O–H groups in total. The summed E-state index contributed by atoms with van der Waals surface area (Å²) in [7, 11) is -2.38. The van der Waals surface area contributed by atoms with Gasteiger partial charge in [0.2, 0.25) is 15.9 Å². The van der Waals surface area contributed by atoms with Crippen LogP contribution in [0.4, 0.5) is 0 Å². The molecular formula is C9H11ClN2O4S. The van der Waals surface area contributed by atoms with Crippen LogP contribution in [-0.2, 0) is 14.8 Å². The van der Waals surface area contributed by atoms with Gasteiger partial charge in [0.25, 0.3) is 0 Å². The summed E-state index contributed by atoms with van der Waals surface area (Å²) in [6, 6.07) is 3.96. The number of carbonyl (C=O) groups excluding carboxylic acids is 1. The summed E-state index contributed by atoms with van der Waals surface area (Å²) < 4.78 is 30.3. The third-order valence-corrected chi connectivity index (χ3v) is 3.56. The Balaban J connectivity index is 2.99. The van der Waals surface area contributed by atoms with Crippen molar-refractivity contribution in [1.29, 1.82) is 0 Å². The van der Waals surface area contributed by atoms with E-state index in [9.17, 15) is 13.2 Å². The molecule has 6 nitrogen and oxygen atoms in total. The van der Waals surface area contributed by atoms with Gasteiger partial charge >= 0.3 is 0 Å². The highest BCUT2D eigenvalue weighted by Crippen LogP contribution is 2.26. The summed E-state index contributed by atoms with van der Waals surface area (Å²) in [4.78, 5) is 10.4. The van der Waals surface area contributed by atoms with Crippen molar-refractivity contribution in [3.05, 3.63) is 23.2 Å². The van der Waals surface area contributed by atoms with Gasteiger partial charge in [-0.2, -0.15) is 0 Å². The number of nitrogens with one attached hydrogen (secondary N) is 1. The molecule has 0 unspecified atom stereocenters. The molecule has 17 heavy (non-hydrogen) atoms. The second-order valence-electron chi connectivity index (χ2n) is 3.09. The fraction of sp³-hybridized carbons (Fsp3) is 0.222. The van der Waals surface area contributed by atoms with Gasteiger partial charge in [-0.1, -0.05) is 11.6 Å². The molecule has 0 radical (unpaired) electrons. The molecule has 0 aliphatic carbocycles. The van der Waals surface area contributed by atoms with Crippen LogP contribution in [0.15, 0.2) is 23.1 Å². The van der Waals surface area contributed by atoms with Crippen molar-refractivity contribution in [1.82, 2.24) is 4.72 Å². The number of amides is 1. The minimum Gasteiger partial charge on any atom is -0.495 e. The number of methoxy groups -OCH3 is 1. The lowest BCUT2D eigenvalue weighted by Crippen LogP contribution is -2.33. The summed E-state index contributed by atoms with van der Waals surface area (Å²) in [5.74, 6) is -0.409. The molecule has 94 valence electrons. The molecule has 0 aromatic heterocycles. The Morgan fingerprint density at radius 3 is 2.65 bits per heavy atom. The van der Waals surface area contributed by atoms with E-state index in [0.717, 1.165) is 0 Å². The summed E-state index contributed by atoms with van der Waals surface area (Å²) in [6.07, 6.45) is 0. The number of carbonyl (C=O) groups is 1. The van der Waals surface area contributed by atoms with Gasteiger partial charge < -0.3 is 10.5 Å². The Labute approximate surface area is 104 Å². The molecule has 1 rings (SSSR count). The quantitative estimate of drug-likeness (QED) is 0.799. The van der Waals surface area contributed by atoms with Crippen molar-refractivity contribution in [3.8, 4) is 5.75 Å². The Bertz CT molecular complexity index is 530. The van der Waals surface area contributed by atoms with Gasteiger partial charge in [0.1, 0.15) is 5.75 Å². The number of ether oxygens (including phenoxy) is 1. The van der Waals surface area contributed by atoms with Gasteiger partial charge in [-0.15, -0.1) is 0 Å². The minimum absolute atomic E-state index is 0.0652. The van der Waals surface area contributed by atoms with E-state index in [0.29, 0.717) is 5.75 Å². The molecule has 0 spiro atoms. The standard InChI is InChI=1S/C9H11ClN2O4S/c1-16-8-3-2-6(4-7(8)10)17(14,15)12-5-9(11)13/h2-4,12H,5H2,1H3,(H2,11,13). The van der Waals surface area contributed by atoms with Crippen molar-refractivity contribution < 1.29 is 17.9 Å². The maximum Gasteiger partial charge on any atom is 0.241 e. The van der Waals surface area contributed by atoms with E-state index >= 15 is 0 Å². The second-order valence-corrected chi connectivity index (χ2v) is 5.26. The SMILES string of the molecule is COc1ccc(S(=O)(=O)NCC(N)=O)cc1Cl. The molecule has 1 aromatic carbocycles. The average Bonchev–Trinajstić information content (AvgIpc) is 2.26. The lowest BCUT2D eigenvalue weighted by molar-refractivity contribution is -0.116. The minimum atomic E-state index is -3.79. The monoisotopic (exact) mass is 278 g/mol. The summed E-state index contributed by atoms with van der Waals surface area (Å²) in [5.41, 5.74) is 4.84. The van der Waals surface area contributed by atoms with E-state index in [1.165, 1.54) is 25.3 Å². The largest absolute Gasteiger partial charge is 0.495 e. The van der Waals surface area contributed by atoms with Gasteiger partial charge in [-0.25, -0.2) is 13.1 Å². The Hall–Kier alpha value is -1.31. The number of sulfonamides is 1. The van der Waals surface area contributed by atoms with Crippen molar-refractivity contribution >= 4 is 27.5 Å². The molecule has 0 fully saturated rings. The first kappa shape index (κ1) is 13.8. The zero-order valence-electron chi connectivity index (χ0n) is 8.94. The van der Waals surface area contributed by atoms with Crippen molar-refractivity contribution in [3.63, 3.8) is 0 Å². The van der Waals surface area contributed by atoms with Crippen LogP contribution in [0, 0.1) is 0 Å². The zero-order valence-corrected chi connectivity index (χ0v) is 10.5. The average molecular weight is 279 g/mol. The molecule has 1 aromatic rings. The number of primary amides is 1. The highest BCUT2D eigenvalue weighted by molar-refractivity contribution is 7.89. The third-order valence-electron chi connectivity index (χ3n) is 1.87. The van der Waals surface area contributed by atoms with Crippen LogP contribution in [-0.4, -0.2) is 28.0 Å². The van der Waals surface area contributed by atoms with E-state index in [1.54, 1.807) is 0 Å². The number of nitrogens with two attached hydrogens (primary N) is 1. The van der Waals surface area contributed by atoms with E-state index in [4.69, 9.17) is 22.1 Å². The number of halogens is 1. The van der Waals surface area contributed by atoms with Crippen molar-refractivity contribution in [2.75, 3.05) is 13.7 Å². The predicted molar refractivity (Wildman–Crippen MR) is 62.4 cm³/mol. The first-order valence-corrected chi connectivity index (χ1v) is 6.34. The number of benzene rings is 1. The maximum absolute atomic E-state index is 11.7. The Morgan fingerprint density at radius 2 is 2.18 bits per heavy atom. The van der Waals surface area contributed by atoms with Gasteiger partial charge in [-0.3, -0.25) is 4.79 Å². The molecule has 0 aliphatic heterocycles. The van der Waals surface area contributed by atoms with Gasteiger partial charge in [0, 0.05) is 0 Å². The second kappa shape index (κ2) is 5.35. The molecular weight excluding hydrogens is 268 g/mol. The van der Waals surface area contributed by atoms with Crippen molar-refractivity contribution in [2.45, 2.75) is 4.90 Å². The molecule has 0 saturated carbocycles. The first-order chi connectivity index (χ1) is 7.86. The van der Waals surface area contributed by atoms with Crippen LogP contribution in [0.5, 0.6) is 5.75 Å². The molecule has 0 saturated heterocycles. The highest BCUT2D eigenvalue weighted by atomic mass is 35.5. The van der Waals surface area contributed by atoms with Gasteiger partial charge in [0.15, 0.2) is 0 Å². The summed E-state index contributed by atoms with van der Waals surface area (Å²) in [6.45, 7) is -0.466. The predicted octanol–water partition coefficient (Wildman–Crippen LogP) is 0.112. The van der Waals surface area contributed by atoms with E-state index < -0.39 is 22.5 Å². The van der Waals surface area contributed by atoms with Gasteiger partial charge in [-0.05, 0) is 18.2 Å². The zero-order chi connectivity index (χ0) is 13.1. The summed E-state index contributed by atoms with van der Waals surface area (Å²) >= 11 is 5.79. The fourth-order valence-corrected chi connectivity index (χ4v) is 2.41. The number of hydrogen-bond donors (Lipinski definition) is 2. The lowest BCUT2D eigenvalue weighted by Gasteiger charge is -2.07. The van der Waals surface area contributed by atoms with Crippen LogP contribution >= 0.6 is 11.6 Å². The molecule has 0 bridgehead atoms. The molecule has 0 heterocycles. The molecule has 8 heteroatoms. The molecule has 1 amide bonds. The van der Waals surface area contributed by atoms with Crippen LogP contribution in [0.1, 0.15) is 0 Å². The molecule has 0 aliphatic rings. The Kier molecular flexibility index (Phi) is 4.33. The number of hydrogen-bond acceptors (Lipinski definition) is 4.